The fourth-order valence-corrected chi connectivity index (χ4v) is 1.57. The van der Waals surface area contributed by atoms with E-state index < -0.39 is 0 Å². The first-order chi connectivity index (χ1) is 6.42. The summed E-state index contributed by atoms with van der Waals surface area (Å²) in [6.45, 7) is 3.08. The van der Waals surface area contributed by atoms with Gasteiger partial charge >= 0.3 is 0 Å². The maximum absolute atomic E-state index is 3.35. The Morgan fingerprint density at radius 1 is 1.00 bits per heavy atom. The highest BCUT2D eigenvalue weighted by atomic mass is 14.8. The predicted molar refractivity (Wildman–Crippen MR) is 63.1 cm³/mol. The molecule has 0 saturated heterocycles. The zero-order valence-corrected chi connectivity index (χ0v) is 8.46. The van der Waals surface area contributed by atoms with Crippen LogP contribution in [0.1, 0.15) is 6.92 Å². The topological polar surface area (TPSA) is 47.0 Å². The standard InChI is InChI=1S/C12H13N.H3N/c1-2-13-12-9-5-7-10-6-3-4-8-11(10)12;/h3-9,13H,2H2,1H3;1H3. The molecule has 0 aliphatic rings. The zero-order valence-electron chi connectivity index (χ0n) is 8.46. The number of rotatable bonds is 2. The summed E-state index contributed by atoms with van der Waals surface area (Å²) in [4.78, 5) is 0. The Hall–Kier alpha value is -1.54. The quantitative estimate of drug-likeness (QED) is 0.758. The zero-order chi connectivity index (χ0) is 9.10. The van der Waals surface area contributed by atoms with E-state index in [1.807, 2.05) is 0 Å². The van der Waals surface area contributed by atoms with E-state index in [0.29, 0.717) is 0 Å². The normalized spacial score (nSPS) is 9.50. The molecule has 14 heavy (non-hydrogen) atoms. The highest BCUT2D eigenvalue weighted by molar-refractivity contribution is 5.93. The molecule has 2 heteroatoms. The molecule has 0 aliphatic heterocycles. The minimum absolute atomic E-state index is 0. The Kier molecular flexibility index (Phi) is 3.48. The van der Waals surface area contributed by atoms with Crippen molar-refractivity contribution in [2.75, 3.05) is 11.9 Å². The Labute approximate surface area is 84.5 Å². The summed E-state index contributed by atoms with van der Waals surface area (Å²) in [5.74, 6) is 0. The predicted octanol–water partition coefficient (Wildman–Crippen LogP) is 3.43. The third-order valence-corrected chi connectivity index (χ3v) is 2.16. The van der Waals surface area contributed by atoms with Gasteiger partial charge < -0.3 is 11.5 Å². The lowest BCUT2D eigenvalue weighted by atomic mass is 10.1. The van der Waals surface area contributed by atoms with Crippen molar-refractivity contribution in [2.24, 2.45) is 0 Å². The molecule has 0 unspecified atom stereocenters. The van der Waals surface area contributed by atoms with Gasteiger partial charge in [0.1, 0.15) is 0 Å². The lowest BCUT2D eigenvalue weighted by Crippen LogP contribution is -1.96. The second-order valence-corrected chi connectivity index (χ2v) is 3.06. The third-order valence-electron chi connectivity index (χ3n) is 2.16. The van der Waals surface area contributed by atoms with Gasteiger partial charge in [-0.05, 0) is 18.4 Å². The first kappa shape index (κ1) is 10.5. The van der Waals surface area contributed by atoms with Crippen molar-refractivity contribution < 1.29 is 0 Å². The Morgan fingerprint density at radius 2 is 1.71 bits per heavy atom. The van der Waals surface area contributed by atoms with Gasteiger partial charge in [-0.1, -0.05) is 36.4 Å². The monoisotopic (exact) mass is 188 g/mol. The van der Waals surface area contributed by atoms with E-state index in [0.717, 1.165) is 6.54 Å². The van der Waals surface area contributed by atoms with Gasteiger partial charge in [0, 0.05) is 17.6 Å². The molecule has 2 aromatic carbocycles. The van der Waals surface area contributed by atoms with Crippen molar-refractivity contribution >= 4 is 16.5 Å². The van der Waals surface area contributed by atoms with E-state index in [9.17, 15) is 0 Å². The molecule has 0 amide bonds. The molecule has 0 atom stereocenters. The number of anilines is 1. The Bertz CT molecular complexity index is 404. The minimum Gasteiger partial charge on any atom is -0.385 e. The highest BCUT2D eigenvalue weighted by Gasteiger charge is 1.96. The first-order valence-corrected chi connectivity index (χ1v) is 4.63. The summed E-state index contributed by atoms with van der Waals surface area (Å²) in [5, 5.41) is 5.94. The van der Waals surface area contributed by atoms with Crippen LogP contribution in [-0.4, -0.2) is 6.54 Å². The van der Waals surface area contributed by atoms with Crippen LogP contribution in [0.4, 0.5) is 5.69 Å². The van der Waals surface area contributed by atoms with E-state index in [4.69, 9.17) is 0 Å². The van der Waals surface area contributed by atoms with Crippen LogP contribution in [0.5, 0.6) is 0 Å². The van der Waals surface area contributed by atoms with Crippen LogP contribution in [-0.2, 0) is 0 Å². The van der Waals surface area contributed by atoms with Crippen LogP contribution in [0, 0.1) is 0 Å². The van der Waals surface area contributed by atoms with Crippen LogP contribution < -0.4 is 11.5 Å². The second-order valence-electron chi connectivity index (χ2n) is 3.06. The molecule has 0 fully saturated rings. The average Bonchev–Trinajstić information content (AvgIpc) is 2.19. The van der Waals surface area contributed by atoms with Gasteiger partial charge in [-0.3, -0.25) is 0 Å². The molecule has 2 aromatic rings. The molecule has 0 bridgehead atoms. The van der Waals surface area contributed by atoms with Gasteiger partial charge in [0.2, 0.25) is 0 Å². The SMILES string of the molecule is CCNc1cccc2ccccc12.N. The highest BCUT2D eigenvalue weighted by Crippen LogP contribution is 2.22. The molecule has 74 valence electrons. The van der Waals surface area contributed by atoms with Crippen molar-refractivity contribution in [3.05, 3.63) is 42.5 Å². The fraction of sp³-hybridized carbons (Fsp3) is 0.167. The molecular weight excluding hydrogens is 172 g/mol. The molecule has 0 heterocycles. The molecule has 0 spiro atoms. The van der Waals surface area contributed by atoms with Gasteiger partial charge in [0.05, 0.1) is 0 Å². The molecule has 0 aromatic heterocycles. The third kappa shape index (κ3) is 1.86. The van der Waals surface area contributed by atoms with Crippen LogP contribution in [0.2, 0.25) is 0 Å². The summed E-state index contributed by atoms with van der Waals surface area (Å²) in [6.07, 6.45) is 0. The van der Waals surface area contributed by atoms with Crippen molar-refractivity contribution in [2.45, 2.75) is 6.92 Å². The van der Waals surface area contributed by atoms with E-state index in [1.165, 1.54) is 16.5 Å². The Morgan fingerprint density at radius 3 is 2.50 bits per heavy atom. The summed E-state index contributed by atoms with van der Waals surface area (Å²) < 4.78 is 0. The number of hydrogen-bond acceptors (Lipinski definition) is 2. The van der Waals surface area contributed by atoms with Crippen LogP contribution >= 0.6 is 0 Å². The van der Waals surface area contributed by atoms with Gasteiger partial charge in [0.15, 0.2) is 0 Å². The number of fused-ring (bicyclic) bond motifs is 1. The second kappa shape index (κ2) is 4.63. The average molecular weight is 188 g/mol. The lowest BCUT2D eigenvalue weighted by Gasteiger charge is -2.06. The van der Waals surface area contributed by atoms with Crippen molar-refractivity contribution in [3.8, 4) is 0 Å². The summed E-state index contributed by atoms with van der Waals surface area (Å²) in [7, 11) is 0. The first-order valence-electron chi connectivity index (χ1n) is 4.63. The molecule has 2 rings (SSSR count). The van der Waals surface area contributed by atoms with Crippen molar-refractivity contribution in [1.82, 2.24) is 6.15 Å². The van der Waals surface area contributed by atoms with Gasteiger partial charge in [-0.15, -0.1) is 0 Å². The molecule has 4 N–H and O–H groups in total. The van der Waals surface area contributed by atoms with E-state index in [1.54, 1.807) is 0 Å². The smallest absolute Gasteiger partial charge is 0.0419 e. The fourth-order valence-electron chi connectivity index (χ4n) is 1.57. The lowest BCUT2D eigenvalue weighted by molar-refractivity contribution is 1.22. The van der Waals surface area contributed by atoms with E-state index in [-0.39, 0.29) is 6.15 Å². The number of benzene rings is 2. The summed E-state index contributed by atoms with van der Waals surface area (Å²) in [6, 6.07) is 14.8. The molecule has 0 radical (unpaired) electrons. The van der Waals surface area contributed by atoms with Gasteiger partial charge in [0.25, 0.3) is 0 Å². The van der Waals surface area contributed by atoms with Crippen LogP contribution in [0.15, 0.2) is 42.5 Å². The van der Waals surface area contributed by atoms with E-state index in [2.05, 4.69) is 54.7 Å². The van der Waals surface area contributed by atoms with Crippen molar-refractivity contribution in [3.63, 3.8) is 0 Å². The van der Waals surface area contributed by atoms with Crippen LogP contribution in [0.3, 0.4) is 0 Å². The maximum atomic E-state index is 3.35. The van der Waals surface area contributed by atoms with Crippen LogP contribution in [0.25, 0.3) is 10.8 Å². The Balaban J connectivity index is 0.000000980. The molecule has 2 nitrogen and oxygen atoms in total. The molecular formula is C12H16N2. The molecule has 0 saturated carbocycles. The number of nitrogens with one attached hydrogen (secondary N) is 1. The van der Waals surface area contributed by atoms with Gasteiger partial charge in [-0.25, -0.2) is 0 Å². The summed E-state index contributed by atoms with van der Waals surface area (Å²) in [5.41, 5.74) is 1.22. The van der Waals surface area contributed by atoms with Gasteiger partial charge in [-0.2, -0.15) is 0 Å². The number of hydrogen-bond donors (Lipinski definition) is 2. The van der Waals surface area contributed by atoms with E-state index >= 15 is 0 Å². The van der Waals surface area contributed by atoms with Crippen molar-refractivity contribution in [1.29, 1.82) is 0 Å². The summed E-state index contributed by atoms with van der Waals surface area (Å²) >= 11 is 0. The maximum Gasteiger partial charge on any atom is 0.0419 e. The molecule has 0 aliphatic carbocycles. The largest absolute Gasteiger partial charge is 0.385 e. The minimum atomic E-state index is 0.